The monoisotopic (exact) mass is 297 g/mol. The number of esters is 1. The van der Waals surface area contributed by atoms with E-state index in [1.54, 1.807) is 42.5 Å². The maximum absolute atomic E-state index is 12.2. The number of ether oxygens (including phenoxy) is 1. The highest BCUT2D eigenvalue weighted by molar-refractivity contribution is 6.03. The fourth-order valence-electron chi connectivity index (χ4n) is 1.66. The Bertz CT molecular complexity index is 672. The molecule has 1 aromatic heterocycles. The number of carbonyl (C=O) groups excluding carboxylic acids is 2. The van der Waals surface area contributed by atoms with Crippen molar-refractivity contribution in [2.24, 2.45) is 0 Å². The summed E-state index contributed by atoms with van der Waals surface area (Å²) in [7, 11) is 0. The number of nitrogens with one attached hydrogen (secondary N) is 1. The number of amides is 1. The number of hydrogen-bond acceptors (Lipinski definition) is 4. The molecule has 0 spiro atoms. The van der Waals surface area contributed by atoms with E-state index in [-0.39, 0.29) is 12.3 Å². The highest BCUT2D eigenvalue weighted by Crippen LogP contribution is 2.09. The fourth-order valence-corrected chi connectivity index (χ4v) is 1.66. The van der Waals surface area contributed by atoms with Crippen LogP contribution in [0.15, 0.2) is 71.5 Å². The first kappa shape index (κ1) is 15.3. The van der Waals surface area contributed by atoms with E-state index in [9.17, 15) is 9.59 Å². The van der Waals surface area contributed by atoms with Gasteiger partial charge in [-0.3, -0.25) is 4.79 Å². The molecule has 0 saturated heterocycles. The number of rotatable bonds is 6. The van der Waals surface area contributed by atoms with Crippen LogP contribution in [-0.2, 0) is 9.53 Å². The summed E-state index contributed by atoms with van der Waals surface area (Å²) in [6, 6.07) is 11.9. The van der Waals surface area contributed by atoms with Gasteiger partial charge in [0.25, 0.3) is 5.91 Å². The Morgan fingerprint density at radius 3 is 2.59 bits per heavy atom. The lowest BCUT2D eigenvalue weighted by atomic mass is 10.2. The molecule has 0 fully saturated rings. The van der Waals surface area contributed by atoms with Crippen LogP contribution in [0.4, 0.5) is 0 Å². The van der Waals surface area contributed by atoms with Gasteiger partial charge in [0, 0.05) is 11.6 Å². The first-order valence-corrected chi connectivity index (χ1v) is 6.60. The minimum atomic E-state index is -0.666. The number of benzene rings is 1. The van der Waals surface area contributed by atoms with E-state index in [0.29, 0.717) is 11.3 Å². The summed E-state index contributed by atoms with van der Waals surface area (Å²) in [5, 5.41) is 2.53. The second kappa shape index (κ2) is 7.64. The van der Waals surface area contributed by atoms with Gasteiger partial charge in [-0.2, -0.15) is 0 Å². The van der Waals surface area contributed by atoms with Crippen LogP contribution >= 0.6 is 0 Å². The van der Waals surface area contributed by atoms with Crippen LogP contribution in [0.3, 0.4) is 0 Å². The summed E-state index contributed by atoms with van der Waals surface area (Å²) >= 11 is 0. The van der Waals surface area contributed by atoms with E-state index in [1.165, 1.54) is 18.4 Å². The van der Waals surface area contributed by atoms with Gasteiger partial charge in [-0.1, -0.05) is 30.9 Å². The standard InChI is InChI=1S/C17H15NO4/c1-2-10-22-17(20)15(12-14-9-6-11-21-14)18-16(19)13-7-4-3-5-8-13/h2-9,11-12H,1,10H2,(H,18,19)/b15-12-. The third-order valence-electron chi connectivity index (χ3n) is 2.67. The van der Waals surface area contributed by atoms with Crippen LogP contribution in [-0.4, -0.2) is 18.5 Å². The molecule has 0 bridgehead atoms. The van der Waals surface area contributed by atoms with Gasteiger partial charge in [-0.15, -0.1) is 0 Å². The van der Waals surface area contributed by atoms with Crippen LogP contribution < -0.4 is 5.32 Å². The molecule has 0 aliphatic rings. The Morgan fingerprint density at radius 1 is 1.18 bits per heavy atom. The van der Waals surface area contributed by atoms with Crippen molar-refractivity contribution in [1.82, 2.24) is 5.32 Å². The maximum Gasteiger partial charge on any atom is 0.355 e. The molecule has 0 radical (unpaired) electrons. The van der Waals surface area contributed by atoms with Crippen molar-refractivity contribution in [3.05, 3.63) is 78.4 Å². The summed E-state index contributed by atoms with van der Waals surface area (Å²) in [6.45, 7) is 3.52. The van der Waals surface area contributed by atoms with Crippen LogP contribution in [0.2, 0.25) is 0 Å². The summed E-state index contributed by atoms with van der Waals surface area (Å²) < 4.78 is 10.1. The molecule has 0 aliphatic carbocycles. The maximum atomic E-state index is 12.2. The van der Waals surface area contributed by atoms with Crippen molar-refractivity contribution < 1.29 is 18.7 Å². The van der Waals surface area contributed by atoms with Crippen LogP contribution in [0.25, 0.3) is 6.08 Å². The highest BCUT2D eigenvalue weighted by atomic mass is 16.5. The number of carbonyl (C=O) groups is 2. The predicted molar refractivity (Wildman–Crippen MR) is 81.7 cm³/mol. The topological polar surface area (TPSA) is 68.5 Å². The largest absolute Gasteiger partial charge is 0.465 e. The third-order valence-corrected chi connectivity index (χ3v) is 2.67. The molecule has 1 N–H and O–H groups in total. The molecule has 2 rings (SSSR count). The Kier molecular flexibility index (Phi) is 5.31. The summed E-state index contributed by atoms with van der Waals surface area (Å²) in [4.78, 5) is 24.2. The number of furan rings is 1. The minimum Gasteiger partial charge on any atom is -0.465 e. The predicted octanol–water partition coefficient (Wildman–Crippen LogP) is 2.78. The molecular formula is C17H15NO4. The van der Waals surface area contributed by atoms with Gasteiger partial charge >= 0.3 is 5.97 Å². The third kappa shape index (κ3) is 4.21. The van der Waals surface area contributed by atoms with Gasteiger partial charge in [0.05, 0.1) is 6.26 Å². The molecule has 0 saturated carbocycles. The van der Waals surface area contributed by atoms with Gasteiger partial charge in [-0.25, -0.2) is 4.79 Å². The Morgan fingerprint density at radius 2 is 1.95 bits per heavy atom. The lowest BCUT2D eigenvalue weighted by Gasteiger charge is -2.09. The zero-order chi connectivity index (χ0) is 15.8. The first-order chi connectivity index (χ1) is 10.7. The van der Waals surface area contributed by atoms with E-state index in [0.717, 1.165) is 0 Å². The minimum absolute atomic E-state index is 0.00865. The van der Waals surface area contributed by atoms with Crippen molar-refractivity contribution >= 4 is 18.0 Å². The van der Waals surface area contributed by atoms with E-state index in [2.05, 4.69) is 11.9 Å². The molecule has 0 unspecified atom stereocenters. The molecule has 0 atom stereocenters. The molecule has 5 heteroatoms. The Balaban J connectivity index is 2.19. The van der Waals surface area contributed by atoms with Crippen molar-refractivity contribution in [2.45, 2.75) is 0 Å². The van der Waals surface area contributed by atoms with Crippen LogP contribution in [0.1, 0.15) is 16.1 Å². The number of hydrogen-bond donors (Lipinski definition) is 1. The van der Waals surface area contributed by atoms with E-state index in [4.69, 9.17) is 9.15 Å². The van der Waals surface area contributed by atoms with E-state index < -0.39 is 11.9 Å². The molecule has 2 aromatic rings. The Hall–Kier alpha value is -3.08. The van der Waals surface area contributed by atoms with Crippen molar-refractivity contribution in [1.29, 1.82) is 0 Å². The zero-order valence-corrected chi connectivity index (χ0v) is 11.8. The van der Waals surface area contributed by atoms with Gasteiger partial charge in [0.15, 0.2) is 0 Å². The van der Waals surface area contributed by atoms with E-state index >= 15 is 0 Å². The molecule has 0 aliphatic heterocycles. The summed E-state index contributed by atoms with van der Waals surface area (Å²) in [5.74, 6) is -0.645. The van der Waals surface area contributed by atoms with Crippen LogP contribution in [0.5, 0.6) is 0 Å². The van der Waals surface area contributed by atoms with Crippen molar-refractivity contribution in [3.63, 3.8) is 0 Å². The average Bonchev–Trinajstić information content (AvgIpc) is 3.05. The second-order valence-electron chi connectivity index (χ2n) is 4.28. The molecule has 1 amide bonds. The van der Waals surface area contributed by atoms with Gasteiger partial charge < -0.3 is 14.5 Å². The lowest BCUT2D eigenvalue weighted by Crippen LogP contribution is -2.28. The zero-order valence-electron chi connectivity index (χ0n) is 11.8. The normalized spacial score (nSPS) is 10.8. The Labute approximate surface area is 127 Å². The first-order valence-electron chi connectivity index (χ1n) is 6.60. The quantitative estimate of drug-likeness (QED) is 0.506. The second-order valence-corrected chi connectivity index (χ2v) is 4.28. The molecule has 22 heavy (non-hydrogen) atoms. The molecular weight excluding hydrogens is 282 g/mol. The van der Waals surface area contributed by atoms with Gasteiger partial charge in [0.1, 0.15) is 18.1 Å². The molecule has 1 aromatic carbocycles. The molecule has 5 nitrogen and oxygen atoms in total. The van der Waals surface area contributed by atoms with Crippen molar-refractivity contribution in [3.8, 4) is 0 Å². The smallest absolute Gasteiger partial charge is 0.355 e. The summed E-state index contributed by atoms with van der Waals surface area (Å²) in [6.07, 6.45) is 4.32. The van der Waals surface area contributed by atoms with Gasteiger partial charge in [-0.05, 0) is 24.3 Å². The SMILES string of the molecule is C=CCOC(=O)/C(=C/c1ccco1)NC(=O)c1ccccc1. The fraction of sp³-hybridized carbons (Fsp3) is 0.0588. The van der Waals surface area contributed by atoms with Crippen LogP contribution in [0, 0.1) is 0 Å². The van der Waals surface area contributed by atoms with Crippen molar-refractivity contribution in [2.75, 3.05) is 6.61 Å². The average molecular weight is 297 g/mol. The molecule has 112 valence electrons. The van der Waals surface area contributed by atoms with Gasteiger partial charge in [0.2, 0.25) is 0 Å². The summed E-state index contributed by atoms with van der Waals surface area (Å²) in [5.41, 5.74) is 0.426. The highest BCUT2D eigenvalue weighted by Gasteiger charge is 2.16. The lowest BCUT2D eigenvalue weighted by molar-refractivity contribution is -0.138. The van der Waals surface area contributed by atoms with E-state index in [1.807, 2.05) is 0 Å². The molecule has 1 heterocycles.